The molecule has 1 fully saturated rings. The van der Waals surface area contributed by atoms with Gasteiger partial charge in [0, 0.05) is 13.0 Å². The SMILES string of the molecule is CCOC(=O)C(=O)CC1CCCO1. The topological polar surface area (TPSA) is 52.6 Å². The lowest BCUT2D eigenvalue weighted by atomic mass is 10.1. The van der Waals surface area contributed by atoms with E-state index in [1.54, 1.807) is 6.92 Å². The van der Waals surface area contributed by atoms with Gasteiger partial charge >= 0.3 is 5.97 Å². The van der Waals surface area contributed by atoms with E-state index in [0.29, 0.717) is 6.61 Å². The third kappa shape index (κ3) is 3.14. The molecule has 0 saturated carbocycles. The summed E-state index contributed by atoms with van der Waals surface area (Å²) in [5.41, 5.74) is 0. The van der Waals surface area contributed by atoms with Gasteiger partial charge in [-0.05, 0) is 19.8 Å². The molecule has 13 heavy (non-hydrogen) atoms. The van der Waals surface area contributed by atoms with E-state index in [1.807, 2.05) is 0 Å². The Bertz CT molecular complexity index is 194. The third-order valence-electron chi connectivity index (χ3n) is 1.94. The first-order valence-corrected chi connectivity index (χ1v) is 4.55. The summed E-state index contributed by atoms with van der Waals surface area (Å²) in [4.78, 5) is 22.0. The van der Waals surface area contributed by atoms with Crippen molar-refractivity contribution < 1.29 is 19.1 Å². The van der Waals surface area contributed by atoms with E-state index in [2.05, 4.69) is 4.74 Å². The zero-order valence-electron chi connectivity index (χ0n) is 7.75. The van der Waals surface area contributed by atoms with E-state index >= 15 is 0 Å². The average Bonchev–Trinajstić information content (AvgIpc) is 2.57. The molecule has 1 atom stereocenters. The van der Waals surface area contributed by atoms with Crippen LogP contribution in [0.1, 0.15) is 26.2 Å². The number of hydrogen-bond acceptors (Lipinski definition) is 4. The van der Waals surface area contributed by atoms with Gasteiger partial charge in [-0.2, -0.15) is 0 Å². The highest BCUT2D eigenvalue weighted by Gasteiger charge is 2.23. The number of hydrogen-bond donors (Lipinski definition) is 0. The fourth-order valence-corrected chi connectivity index (χ4v) is 1.31. The standard InChI is InChI=1S/C9H14O4/c1-2-12-9(11)8(10)6-7-4-3-5-13-7/h7H,2-6H2,1H3. The normalized spacial score (nSPS) is 21.5. The van der Waals surface area contributed by atoms with Gasteiger partial charge in [0.1, 0.15) is 0 Å². The van der Waals surface area contributed by atoms with Crippen LogP contribution in [0.15, 0.2) is 0 Å². The maximum Gasteiger partial charge on any atom is 0.374 e. The highest BCUT2D eigenvalue weighted by Crippen LogP contribution is 2.15. The maximum absolute atomic E-state index is 11.1. The van der Waals surface area contributed by atoms with Gasteiger partial charge in [0.05, 0.1) is 12.7 Å². The quantitative estimate of drug-likeness (QED) is 0.478. The van der Waals surface area contributed by atoms with E-state index in [1.165, 1.54) is 0 Å². The first-order chi connectivity index (χ1) is 6.24. The Morgan fingerprint density at radius 3 is 2.85 bits per heavy atom. The Kier molecular flexibility index (Phi) is 3.89. The van der Waals surface area contributed by atoms with Crippen molar-refractivity contribution in [3.05, 3.63) is 0 Å². The first-order valence-electron chi connectivity index (χ1n) is 4.55. The molecule has 0 aliphatic carbocycles. The average molecular weight is 186 g/mol. The van der Waals surface area contributed by atoms with Crippen LogP contribution in [0.25, 0.3) is 0 Å². The van der Waals surface area contributed by atoms with Gasteiger partial charge in [-0.15, -0.1) is 0 Å². The minimum absolute atomic E-state index is 0.0723. The van der Waals surface area contributed by atoms with Gasteiger partial charge in [-0.3, -0.25) is 4.79 Å². The van der Waals surface area contributed by atoms with Crippen molar-refractivity contribution >= 4 is 11.8 Å². The van der Waals surface area contributed by atoms with Crippen LogP contribution in [0.3, 0.4) is 0 Å². The summed E-state index contributed by atoms with van der Waals surface area (Å²) in [5, 5.41) is 0. The van der Waals surface area contributed by atoms with Crippen molar-refractivity contribution in [2.24, 2.45) is 0 Å². The second kappa shape index (κ2) is 4.97. The fourth-order valence-electron chi connectivity index (χ4n) is 1.31. The molecular formula is C9H14O4. The molecule has 0 aromatic carbocycles. The number of ketones is 1. The Morgan fingerprint density at radius 1 is 1.54 bits per heavy atom. The summed E-state index contributed by atoms with van der Waals surface area (Å²) in [7, 11) is 0. The van der Waals surface area contributed by atoms with Crippen LogP contribution in [-0.2, 0) is 19.1 Å². The lowest BCUT2D eigenvalue weighted by Crippen LogP contribution is -2.22. The summed E-state index contributed by atoms with van der Waals surface area (Å²) in [6, 6.07) is 0. The monoisotopic (exact) mass is 186 g/mol. The van der Waals surface area contributed by atoms with Crippen LogP contribution in [0.4, 0.5) is 0 Å². The summed E-state index contributed by atoms with van der Waals surface area (Å²) in [6.45, 7) is 2.62. The number of ether oxygens (including phenoxy) is 2. The third-order valence-corrected chi connectivity index (χ3v) is 1.94. The van der Waals surface area contributed by atoms with Crippen molar-refractivity contribution in [1.82, 2.24) is 0 Å². The molecule has 1 aliphatic rings. The molecule has 1 unspecified atom stereocenters. The molecule has 1 rings (SSSR count). The Labute approximate surface area is 77.2 Å². The molecule has 1 aliphatic heterocycles. The van der Waals surface area contributed by atoms with Crippen molar-refractivity contribution in [1.29, 1.82) is 0 Å². The van der Waals surface area contributed by atoms with Crippen molar-refractivity contribution in [2.75, 3.05) is 13.2 Å². The summed E-state index contributed by atoms with van der Waals surface area (Å²) < 4.78 is 9.79. The molecule has 0 bridgehead atoms. The molecule has 0 aromatic rings. The summed E-state index contributed by atoms with van der Waals surface area (Å²) >= 11 is 0. The molecule has 74 valence electrons. The molecule has 1 heterocycles. The number of carbonyl (C=O) groups is 2. The molecular weight excluding hydrogens is 172 g/mol. The van der Waals surface area contributed by atoms with Crippen molar-refractivity contribution in [3.8, 4) is 0 Å². The van der Waals surface area contributed by atoms with Gasteiger partial charge in [0.2, 0.25) is 5.78 Å². The van der Waals surface area contributed by atoms with Crippen LogP contribution in [0.5, 0.6) is 0 Å². The number of esters is 1. The van der Waals surface area contributed by atoms with Crippen LogP contribution in [0, 0.1) is 0 Å². The van der Waals surface area contributed by atoms with Crippen LogP contribution in [-0.4, -0.2) is 31.1 Å². The van der Waals surface area contributed by atoms with E-state index < -0.39 is 11.8 Å². The number of rotatable bonds is 4. The first kappa shape index (κ1) is 10.2. The van der Waals surface area contributed by atoms with Crippen molar-refractivity contribution in [2.45, 2.75) is 32.3 Å². The van der Waals surface area contributed by atoms with Gasteiger partial charge in [-0.25, -0.2) is 4.79 Å². The van der Waals surface area contributed by atoms with Crippen LogP contribution < -0.4 is 0 Å². The van der Waals surface area contributed by atoms with E-state index in [0.717, 1.165) is 12.8 Å². The summed E-state index contributed by atoms with van der Waals surface area (Å²) in [6.07, 6.45) is 1.93. The predicted octanol–water partition coefficient (Wildman–Crippen LogP) is 0.688. The molecule has 0 N–H and O–H groups in total. The fraction of sp³-hybridized carbons (Fsp3) is 0.778. The number of carbonyl (C=O) groups excluding carboxylic acids is 2. The zero-order valence-corrected chi connectivity index (χ0v) is 7.75. The molecule has 1 saturated heterocycles. The molecule has 0 radical (unpaired) electrons. The minimum Gasteiger partial charge on any atom is -0.460 e. The van der Waals surface area contributed by atoms with Gasteiger partial charge in [0.25, 0.3) is 0 Å². The van der Waals surface area contributed by atoms with Gasteiger partial charge in [-0.1, -0.05) is 0 Å². The molecule has 4 nitrogen and oxygen atoms in total. The van der Waals surface area contributed by atoms with Crippen molar-refractivity contribution in [3.63, 3.8) is 0 Å². The smallest absolute Gasteiger partial charge is 0.374 e. The molecule has 0 amide bonds. The van der Waals surface area contributed by atoms with Gasteiger partial charge < -0.3 is 9.47 Å². The van der Waals surface area contributed by atoms with E-state index in [9.17, 15) is 9.59 Å². The molecule has 4 heteroatoms. The highest BCUT2D eigenvalue weighted by atomic mass is 16.5. The lowest BCUT2D eigenvalue weighted by molar-refractivity contribution is -0.154. The lowest BCUT2D eigenvalue weighted by Gasteiger charge is -2.06. The highest BCUT2D eigenvalue weighted by molar-refractivity contribution is 6.33. The Balaban J connectivity index is 2.27. The van der Waals surface area contributed by atoms with Crippen LogP contribution in [0.2, 0.25) is 0 Å². The summed E-state index contributed by atoms with van der Waals surface area (Å²) in [5.74, 6) is -1.22. The largest absolute Gasteiger partial charge is 0.460 e. The Hall–Kier alpha value is -0.900. The maximum atomic E-state index is 11.1. The van der Waals surface area contributed by atoms with Crippen LogP contribution >= 0.6 is 0 Å². The zero-order chi connectivity index (χ0) is 9.68. The van der Waals surface area contributed by atoms with E-state index in [4.69, 9.17) is 4.74 Å². The minimum atomic E-state index is -0.738. The number of Topliss-reactive ketones (excluding diaryl/α,β-unsaturated/α-hetero) is 1. The second-order valence-electron chi connectivity index (χ2n) is 2.98. The van der Waals surface area contributed by atoms with E-state index in [-0.39, 0.29) is 19.1 Å². The Morgan fingerprint density at radius 2 is 2.31 bits per heavy atom. The second-order valence-corrected chi connectivity index (χ2v) is 2.98. The molecule has 0 spiro atoms. The van der Waals surface area contributed by atoms with Gasteiger partial charge in [0.15, 0.2) is 0 Å². The predicted molar refractivity (Wildman–Crippen MR) is 45.2 cm³/mol. The molecule has 0 aromatic heterocycles.